The number of hydrogen-bond acceptors (Lipinski definition) is 3. The van der Waals surface area contributed by atoms with Crippen LogP contribution in [0.25, 0.3) is 0 Å². The quantitative estimate of drug-likeness (QED) is 0.714. The molecular formula is C11H18N4. The third-order valence-electron chi connectivity index (χ3n) is 2.81. The Bertz CT molecular complexity index is 334. The van der Waals surface area contributed by atoms with Gasteiger partial charge in [-0.25, -0.2) is 0 Å². The van der Waals surface area contributed by atoms with Crippen molar-refractivity contribution in [2.24, 2.45) is 12.8 Å². The van der Waals surface area contributed by atoms with Gasteiger partial charge in [-0.05, 0) is 12.8 Å². The predicted octanol–water partition coefficient (Wildman–Crippen LogP) is 0.728. The molecule has 82 valence electrons. The van der Waals surface area contributed by atoms with Gasteiger partial charge in [0.05, 0.1) is 6.20 Å². The van der Waals surface area contributed by atoms with Crippen molar-refractivity contribution < 1.29 is 0 Å². The Balaban J connectivity index is 1.97. The molecular weight excluding hydrogens is 188 g/mol. The van der Waals surface area contributed by atoms with E-state index in [4.69, 9.17) is 5.73 Å². The number of aromatic nitrogens is 2. The van der Waals surface area contributed by atoms with Crippen molar-refractivity contribution in [2.45, 2.75) is 24.9 Å². The molecule has 4 nitrogen and oxygen atoms in total. The average molecular weight is 206 g/mol. The molecule has 0 saturated carbocycles. The maximum absolute atomic E-state index is 5.77. The van der Waals surface area contributed by atoms with Crippen LogP contribution in [0.3, 0.4) is 0 Å². The van der Waals surface area contributed by atoms with E-state index in [1.807, 2.05) is 24.1 Å². The van der Waals surface area contributed by atoms with Crippen LogP contribution in [-0.4, -0.2) is 22.4 Å². The van der Waals surface area contributed by atoms with Gasteiger partial charge < -0.3 is 11.1 Å². The summed E-state index contributed by atoms with van der Waals surface area (Å²) in [6.45, 7) is 0.613. The molecule has 0 saturated heterocycles. The molecule has 1 atom stereocenters. The van der Waals surface area contributed by atoms with Crippen LogP contribution < -0.4 is 11.1 Å². The van der Waals surface area contributed by atoms with Gasteiger partial charge in [0.1, 0.15) is 0 Å². The lowest BCUT2D eigenvalue weighted by molar-refractivity contribution is 0.453. The fourth-order valence-corrected chi connectivity index (χ4v) is 1.96. The number of aryl methyl sites for hydroxylation is 1. The van der Waals surface area contributed by atoms with E-state index in [0.29, 0.717) is 12.6 Å². The SMILES string of the molecule is Cn1cc(C(CN)NC2CC=CC2)cn1. The Morgan fingerprint density at radius 2 is 2.33 bits per heavy atom. The first-order chi connectivity index (χ1) is 7.29. The minimum Gasteiger partial charge on any atom is -0.329 e. The summed E-state index contributed by atoms with van der Waals surface area (Å²) >= 11 is 0. The van der Waals surface area contributed by atoms with Gasteiger partial charge in [-0.15, -0.1) is 0 Å². The van der Waals surface area contributed by atoms with Crippen molar-refractivity contribution in [1.29, 1.82) is 0 Å². The second-order valence-corrected chi connectivity index (χ2v) is 4.04. The zero-order chi connectivity index (χ0) is 10.7. The van der Waals surface area contributed by atoms with Crippen molar-refractivity contribution in [2.75, 3.05) is 6.54 Å². The van der Waals surface area contributed by atoms with Gasteiger partial charge >= 0.3 is 0 Å². The maximum atomic E-state index is 5.77. The van der Waals surface area contributed by atoms with Crippen LogP contribution in [0.5, 0.6) is 0 Å². The summed E-state index contributed by atoms with van der Waals surface area (Å²) in [6, 6.07) is 0.766. The summed E-state index contributed by atoms with van der Waals surface area (Å²) in [5, 5.41) is 7.72. The van der Waals surface area contributed by atoms with Gasteiger partial charge in [0.2, 0.25) is 0 Å². The highest BCUT2D eigenvalue weighted by Gasteiger charge is 2.17. The monoisotopic (exact) mass is 206 g/mol. The topological polar surface area (TPSA) is 55.9 Å². The van der Waals surface area contributed by atoms with Crippen LogP contribution in [0, 0.1) is 0 Å². The van der Waals surface area contributed by atoms with E-state index in [2.05, 4.69) is 22.6 Å². The smallest absolute Gasteiger partial charge is 0.0538 e. The number of nitrogens with two attached hydrogens (primary N) is 1. The number of rotatable bonds is 4. The fourth-order valence-electron chi connectivity index (χ4n) is 1.96. The Kier molecular flexibility index (Phi) is 3.18. The van der Waals surface area contributed by atoms with Crippen molar-refractivity contribution in [1.82, 2.24) is 15.1 Å². The summed E-state index contributed by atoms with van der Waals surface area (Å²) in [4.78, 5) is 0. The first kappa shape index (κ1) is 10.4. The molecule has 4 heteroatoms. The molecule has 2 rings (SSSR count). The summed E-state index contributed by atoms with van der Waals surface area (Å²) in [5.41, 5.74) is 6.95. The lowest BCUT2D eigenvalue weighted by Crippen LogP contribution is -2.35. The molecule has 0 fully saturated rings. The first-order valence-electron chi connectivity index (χ1n) is 5.39. The molecule has 15 heavy (non-hydrogen) atoms. The van der Waals surface area contributed by atoms with Gasteiger partial charge in [0.15, 0.2) is 0 Å². The van der Waals surface area contributed by atoms with E-state index >= 15 is 0 Å². The van der Waals surface area contributed by atoms with Gasteiger partial charge in [-0.2, -0.15) is 5.10 Å². The minimum atomic E-state index is 0.226. The van der Waals surface area contributed by atoms with Crippen LogP contribution in [0.15, 0.2) is 24.5 Å². The van der Waals surface area contributed by atoms with Gasteiger partial charge in [0, 0.05) is 37.4 Å². The summed E-state index contributed by atoms with van der Waals surface area (Å²) < 4.78 is 1.81. The Morgan fingerprint density at radius 3 is 2.87 bits per heavy atom. The molecule has 1 heterocycles. The van der Waals surface area contributed by atoms with Crippen molar-refractivity contribution in [3.05, 3.63) is 30.1 Å². The van der Waals surface area contributed by atoms with Crippen molar-refractivity contribution in [3.63, 3.8) is 0 Å². The molecule has 1 aromatic heterocycles. The second kappa shape index (κ2) is 4.59. The van der Waals surface area contributed by atoms with Gasteiger partial charge in [-0.3, -0.25) is 4.68 Å². The molecule has 0 bridgehead atoms. The maximum Gasteiger partial charge on any atom is 0.0538 e. The van der Waals surface area contributed by atoms with Crippen LogP contribution in [0.2, 0.25) is 0 Å². The van der Waals surface area contributed by atoms with Crippen LogP contribution >= 0.6 is 0 Å². The highest BCUT2D eigenvalue weighted by Crippen LogP contribution is 2.16. The third-order valence-corrected chi connectivity index (χ3v) is 2.81. The summed E-state index contributed by atoms with van der Waals surface area (Å²) in [6.07, 6.45) is 10.6. The molecule has 1 aliphatic carbocycles. The van der Waals surface area contributed by atoms with Crippen molar-refractivity contribution in [3.8, 4) is 0 Å². The predicted molar refractivity (Wildman–Crippen MR) is 60.3 cm³/mol. The Labute approximate surface area is 90.2 Å². The number of nitrogens with zero attached hydrogens (tertiary/aromatic N) is 2. The minimum absolute atomic E-state index is 0.226. The van der Waals surface area contributed by atoms with Crippen LogP contribution in [-0.2, 0) is 7.05 Å². The van der Waals surface area contributed by atoms with Crippen LogP contribution in [0.4, 0.5) is 0 Å². The van der Waals surface area contributed by atoms with Crippen molar-refractivity contribution >= 4 is 0 Å². The molecule has 0 radical (unpaired) electrons. The number of nitrogens with one attached hydrogen (secondary N) is 1. The zero-order valence-corrected chi connectivity index (χ0v) is 9.06. The van der Waals surface area contributed by atoms with E-state index < -0.39 is 0 Å². The second-order valence-electron chi connectivity index (χ2n) is 4.04. The fraction of sp³-hybridized carbons (Fsp3) is 0.545. The van der Waals surface area contributed by atoms with E-state index in [1.54, 1.807) is 0 Å². The Hall–Kier alpha value is -1.13. The highest BCUT2D eigenvalue weighted by atomic mass is 15.2. The first-order valence-corrected chi connectivity index (χ1v) is 5.39. The largest absolute Gasteiger partial charge is 0.329 e. The van der Waals surface area contributed by atoms with Crippen LogP contribution in [0.1, 0.15) is 24.4 Å². The zero-order valence-electron chi connectivity index (χ0n) is 9.06. The summed E-state index contributed by atoms with van der Waals surface area (Å²) in [7, 11) is 1.92. The Morgan fingerprint density at radius 1 is 1.60 bits per heavy atom. The van der Waals surface area contributed by atoms with Gasteiger partial charge in [0.25, 0.3) is 0 Å². The third kappa shape index (κ3) is 2.46. The van der Waals surface area contributed by atoms with E-state index in [-0.39, 0.29) is 6.04 Å². The number of hydrogen-bond donors (Lipinski definition) is 2. The molecule has 1 unspecified atom stereocenters. The molecule has 0 aromatic carbocycles. The standard InChI is InChI=1S/C11H18N4/c1-15-8-9(7-13-15)11(6-12)14-10-4-2-3-5-10/h2-3,7-8,10-11,14H,4-6,12H2,1H3. The molecule has 1 aliphatic rings. The normalized spacial score (nSPS) is 18.5. The van der Waals surface area contributed by atoms with E-state index in [9.17, 15) is 0 Å². The molecule has 0 spiro atoms. The van der Waals surface area contributed by atoms with Gasteiger partial charge in [-0.1, -0.05) is 12.2 Å². The van der Waals surface area contributed by atoms with E-state index in [1.165, 1.54) is 5.56 Å². The highest BCUT2D eigenvalue weighted by molar-refractivity contribution is 5.12. The van der Waals surface area contributed by atoms with E-state index in [0.717, 1.165) is 12.8 Å². The molecule has 3 N–H and O–H groups in total. The molecule has 1 aromatic rings. The lowest BCUT2D eigenvalue weighted by Gasteiger charge is -2.20. The molecule has 0 amide bonds. The summed E-state index contributed by atoms with van der Waals surface area (Å²) in [5.74, 6) is 0. The lowest BCUT2D eigenvalue weighted by atomic mass is 10.1. The molecule has 0 aliphatic heterocycles. The average Bonchev–Trinajstić information content (AvgIpc) is 2.85.